The summed E-state index contributed by atoms with van der Waals surface area (Å²) in [6.45, 7) is 17.1. The first kappa shape index (κ1) is 34.2. The van der Waals surface area contributed by atoms with E-state index < -0.39 is 5.60 Å². The molecule has 0 aromatic heterocycles. The number of nitrogens with zero attached hydrogens (tertiary/aromatic N) is 1. The molecule has 42 heavy (non-hydrogen) atoms. The molecule has 0 bridgehead atoms. The number of esters is 1. The molecule has 0 aliphatic heterocycles. The van der Waals surface area contributed by atoms with Gasteiger partial charge in [-0.05, 0) is 131 Å². The normalized spacial score (nSPS) is 40.5. The number of rotatable bonds is 14. The van der Waals surface area contributed by atoms with Crippen molar-refractivity contribution < 1.29 is 14.6 Å². The van der Waals surface area contributed by atoms with E-state index in [9.17, 15) is 9.90 Å². The zero-order chi connectivity index (χ0) is 30.7. The van der Waals surface area contributed by atoms with Gasteiger partial charge in [0.25, 0.3) is 0 Å². The van der Waals surface area contributed by atoms with E-state index in [2.05, 4.69) is 39.5 Å². The van der Waals surface area contributed by atoms with Crippen molar-refractivity contribution in [2.45, 2.75) is 149 Å². The second kappa shape index (κ2) is 14.2. The van der Waals surface area contributed by atoms with Crippen LogP contribution in [0.5, 0.6) is 0 Å². The van der Waals surface area contributed by atoms with Gasteiger partial charge in [0.05, 0.1) is 5.60 Å². The molecule has 4 aliphatic rings. The average molecular weight is 590 g/mol. The van der Waals surface area contributed by atoms with Gasteiger partial charge in [-0.2, -0.15) is 0 Å². The molecule has 0 radical (unpaired) electrons. The summed E-state index contributed by atoms with van der Waals surface area (Å²) in [5.41, 5.74) is 11.3. The molecule has 0 aromatic carbocycles. The van der Waals surface area contributed by atoms with Crippen LogP contribution in [0.25, 0.3) is 0 Å². The standard InChI is InChI=1S/C36H67N3O3/c1-25(2)11-9-12-26(3)30-13-14-31-29-23-33(39(22-10-20-38)21-8-7-19-37)36(41)24-28(42-27(4)40)15-18-35(36,6)32(29)16-17-34(30,31)5/h25-26,28-33,41H,7-24,37-38H2,1-6H3/t26-,28?,29+,30-,31+,32+,33?,34-,35-,36?/m1/s1. The SMILES string of the molecule is CC(=O)OC1CC[C@]2(C)[C@H]3CC[C@]4(C)[C@@H]([C@H](C)CCCC(C)C)CC[C@H]4[C@@H]3CC(N(CCCN)CCCCN)C2(O)C1. The Morgan fingerprint density at radius 2 is 1.64 bits per heavy atom. The van der Waals surface area contributed by atoms with E-state index in [-0.39, 0.29) is 23.5 Å². The Kier molecular flexibility index (Phi) is 11.5. The van der Waals surface area contributed by atoms with Gasteiger partial charge >= 0.3 is 5.97 Å². The van der Waals surface area contributed by atoms with Crippen LogP contribution in [0.1, 0.15) is 131 Å². The molecule has 10 atom stereocenters. The minimum absolute atomic E-state index is 0.0660. The van der Waals surface area contributed by atoms with Crippen molar-refractivity contribution in [1.82, 2.24) is 4.90 Å². The Hall–Kier alpha value is -0.690. The third-order valence-electron chi connectivity index (χ3n) is 13.3. The highest BCUT2D eigenvalue weighted by molar-refractivity contribution is 5.66. The van der Waals surface area contributed by atoms with E-state index >= 15 is 0 Å². The zero-order valence-electron chi connectivity index (χ0n) is 28.2. The molecule has 0 amide bonds. The molecule has 6 heteroatoms. The fourth-order valence-electron chi connectivity index (χ4n) is 11.2. The largest absolute Gasteiger partial charge is 0.462 e. The molecular weight excluding hydrogens is 522 g/mol. The summed E-state index contributed by atoms with van der Waals surface area (Å²) >= 11 is 0. The minimum atomic E-state index is -0.875. The third-order valence-corrected chi connectivity index (χ3v) is 13.3. The molecule has 4 fully saturated rings. The molecule has 0 spiro atoms. The Morgan fingerprint density at radius 1 is 0.929 bits per heavy atom. The van der Waals surface area contributed by atoms with Crippen LogP contribution in [0.2, 0.25) is 0 Å². The van der Waals surface area contributed by atoms with E-state index in [1.165, 1.54) is 51.9 Å². The lowest BCUT2D eigenvalue weighted by molar-refractivity contribution is -0.253. The fraction of sp³-hybridized carbons (Fsp3) is 0.972. The molecule has 4 aliphatic carbocycles. The number of hydrogen-bond acceptors (Lipinski definition) is 6. The summed E-state index contributed by atoms with van der Waals surface area (Å²) in [5.74, 6) is 4.09. The summed E-state index contributed by atoms with van der Waals surface area (Å²) in [6, 6.07) is 0.0660. The molecule has 4 rings (SSSR count). The van der Waals surface area contributed by atoms with Gasteiger partial charge < -0.3 is 21.3 Å². The Morgan fingerprint density at radius 3 is 2.31 bits per heavy atom. The topological polar surface area (TPSA) is 102 Å². The van der Waals surface area contributed by atoms with E-state index in [1.54, 1.807) is 0 Å². The second-order valence-corrected chi connectivity index (χ2v) is 16.1. The molecule has 3 unspecified atom stereocenters. The Balaban J connectivity index is 1.65. The Bertz CT molecular complexity index is 883. The maximum Gasteiger partial charge on any atom is 0.302 e. The predicted octanol–water partition coefficient (Wildman–Crippen LogP) is 6.52. The summed E-state index contributed by atoms with van der Waals surface area (Å²) in [5, 5.41) is 13.1. The van der Waals surface area contributed by atoms with Crippen LogP contribution >= 0.6 is 0 Å². The first-order valence-electron chi connectivity index (χ1n) is 17.9. The highest BCUT2D eigenvalue weighted by Crippen LogP contribution is 2.69. The van der Waals surface area contributed by atoms with Crippen molar-refractivity contribution in [2.24, 2.45) is 57.8 Å². The molecule has 5 N–H and O–H groups in total. The summed E-state index contributed by atoms with van der Waals surface area (Å²) < 4.78 is 5.81. The minimum Gasteiger partial charge on any atom is -0.462 e. The van der Waals surface area contributed by atoms with Crippen LogP contribution < -0.4 is 11.5 Å². The molecule has 4 saturated carbocycles. The first-order chi connectivity index (χ1) is 19.9. The van der Waals surface area contributed by atoms with Crippen LogP contribution in [0.4, 0.5) is 0 Å². The fourth-order valence-corrected chi connectivity index (χ4v) is 11.2. The van der Waals surface area contributed by atoms with Gasteiger partial charge in [-0.15, -0.1) is 0 Å². The van der Waals surface area contributed by atoms with Gasteiger partial charge in [0.2, 0.25) is 0 Å². The van der Waals surface area contributed by atoms with Gasteiger partial charge in [-0.3, -0.25) is 9.69 Å². The lowest BCUT2D eigenvalue weighted by Crippen LogP contribution is -2.72. The smallest absolute Gasteiger partial charge is 0.302 e. The van der Waals surface area contributed by atoms with Crippen LogP contribution in [0.3, 0.4) is 0 Å². The van der Waals surface area contributed by atoms with Crippen molar-refractivity contribution in [3.05, 3.63) is 0 Å². The molecule has 6 nitrogen and oxygen atoms in total. The molecule has 0 saturated heterocycles. The lowest BCUT2D eigenvalue weighted by Gasteiger charge is -2.67. The molecular formula is C36H67N3O3. The summed E-state index contributed by atoms with van der Waals surface area (Å²) in [4.78, 5) is 14.6. The maximum atomic E-state index is 13.1. The molecule has 0 aromatic rings. The van der Waals surface area contributed by atoms with Crippen LogP contribution in [-0.4, -0.2) is 59.9 Å². The zero-order valence-corrected chi connectivity index (χ0v) is 28.2. The number of ether oxygens (including phenoxy) is 1. The number of fused-ring (bicyclic) bond motifs is 5. The third kappa shape index (κ3) is 6.63. The van der Waals surface area contributed by atoms with Crippen molar-refractivity contribution in [2.75, 3.05) is 26.2 Å². The molecule has 244 valence electrons. The van der Waals surface area contributed by atoms with Gasteiger partial charge in [0.15, 0.2) is 0 Å². The highest BCUT2D eigenvalue weighted by Gasteiger charge is 2.68. The number of carbonyl (C=O) groups excluding carboxylic acids is 1. The number of hydrogen-bond donors (Lipinski definition) is 3. The number of nitrogens with two attached hydrogens (primary N) is 2. The lowest BCUT2D eigenvalue weighted by atomic mass is 9.41. The van der Waals surface area contributed by atoms with Crippen molar-refractivity contribution in [3.63, 3.8) is 0 Å². The Labute approximate surface area is 258 Å². The van der Waals surface area contributed by atoms with Gasteiger partial charge in [0, 0.05) is 24.8 Å². The van der Waals surface area contributed by atoms with Crippen molar-refractivity contribution in [3.8, 4) is 0 Å². The summed E-state index contributed by atoms with van der Waals surface area (Å²) in [6.07, 6.45) is 15.5. The monoisotopic (exact) mass is 590 g/mol. The van der Waals surface area contributed by atoms with Gasteiger partial charge in [-0.25, -0.2) is 0 Å². The second-order valence-electron chi connectivity index (χ2n) is 16.1. The van der Waals surface area contributed by atoms with Crippen LogP contribution in [-0.2, 0) is 9.53 Å². The highest BCUT2D eigenvalue weighted by atomic mass is 16.5. The van der Waals surface area contributed by atoms with Crippen molar-refractivity contribution >= 4 is 5.97 Å². The van der Waals surface area contributed by atoms with Gasteiger partial charge in [-0.1, -0.05) is 53.9 Å². The quantitative estimate of drug-likeness (QED) is 0.157. The van der Waals surface area contributed by atoms with E-state index in [0.717, 1.165) is 75.3 Å². The average Bonchev–Trinajstić information content (AvgIpc) is 3.28. The number of aliphatic hydroxyl groups is 1. The van der Waals surface area contributed by atoms with E-state index in [4.69, 9.17) is 16.2 Å². The van der Waals surface area contributed by atoms with E-state index in [1.807, 2.05) is 0 Å². The predicted molar refractivity (Wildman–Crippen MR) is 173 cm³/mol. The van der Waals surface area contributed by atoms with Crippen LogP contribution in [0, 0.1) is 46.3 Å². The summed E-state index contributed by atoms with van der Waals surface area (Å²) in [7, 11) is 0. The molecule has 0 heterocycles. The van der Waals surface area contributed by atoms with Crippen molar-refractivity contribution in [1.29, 1.82) is 0 Å². The van der Waals surface area contributed by atoms with Gasteiger partial charge in [0.1, 0.15) is 6.10 Å². The van der Waals surface area contributed by atoms with E-state index in [0.29, 0.717) is 36.8 Å². The number of unbranched alkanes of at least 4 members (excludes halogenated alkanes) is 1. The maximum absolute atomic E-state index is 13.1. The van der Waals surface area contributed by atoms with Crippen LogP contribution in [0.15, 0.2) is 0 Å². The number of carbonyl (C=O) groups is 1. The first-order valence-corrected chi connectivity index (χ1v) is 17.9.